The van der Waals surface area contributed by atoms with Crippen molar-refractivity contribution in [1.82, 2.24) is 0 Å². The number of aryl methyl sites for hydroxylation is 1. The number of hydrogen-bond donors (Lipinski definition) is 0. The van der Waals surface area contributed by atoms with Gasteiger partial charge in [0.1, 0.15) is 8.07 Å². The van der Waals surface area contributed by atoms with Crippen LogP contribution in [-0.2, 0) is 6.42 Å². The van der Waals surface area contributed by atoms with Crippen LogP contribution in [0.2, 0.25) is 19.6 Å². The summed E-state index contributed by atoms with van der Waals surface area (Å²) in [6.07, 6.45) is 3.28. The van der Waals surface area contributed by atoms with Crippen LogP contribution in [0.4, 0.5) is 0 Å². The Labute approximate surface area is 101 Å². The fraction of sp³-hybridized carbons (Fsp3) is 0.400. The first-order chi connectivity index (χ1) is 7.51. The lowest BCUT2D eigenvalue weighted by Gasteiger charge is -2.04. The van der Waals surface area contributed by atoms with Crippen molar-refractivity contribution in [2.45, 2.75) is 38.9 Å². The van der Waals surface area contributed by atoms with Crippen molar-refractivity contribution in [1.29, 1.82) is 0 Å². The maximum atomic E-state index is 3.87. The summed E-state index contributed by atoms with van der Waals surface area (Å²) in [4.78, 5) is 0. The molecule has 0 N–H and O–H groups in total. The van der Waals surface area contributed by atoms with Crippen LogP contribution in [0.5, 0.6) is 0 Å². The first kappa shape index (κ1) is 13.1. The van der Waals surface area contributed by atoms with E-state index in [1.807, 2.05) is 0 Å². The van der Waals surface area contributed by atoms with E-state index >= 15 is 0 Å². The van der Waals surface area contributed by atoms with Gasteiger partial charge < -0.3 is 0 Å². The molecule has 0 amide bonds. The quantitative estimate of drug-likeness (QED) is 0.541. The molecule has 85 valence electrons. The largest absolute Gasteiger partial charge is 0.129 e. The van der Waals surface area contributed by atoms with E-state index in [4.69, 9.17) is 0 Å². The third-order valence-corrected chi connectivity index (χ3v) is 3.10. The van der Waals surface area contributed by atoms with E-state index in [9.17, 15) is 0 Å². The van der Waals surface area contributed by atoms with Crippen molar-refractivity contribution >= 4 is 8.07 Å². The highest BCUT2D eigenvalue weighted by Gasteiger charge is 2.07. The van der Waals surface area contributed by atoms with Gasteiger partial charge in [-0.3, -0.25) is 0 Å². The van der Waals surface area contributed by atoms with Crippen molar-refractivity contribution in [3.8, 4) is 11.5 Å². The van der Waals surface area contributed by atoms with Crippen LogP contribution in [0.15, 0.2) is 24.3 Å². The third kappa shape index (κ3) is 5.18. The Morgan fingerprint density at radius 2 is 2.00 bits per heavy atom. The molecular formula is C15H21Si. The standard InChI is InChI=1S/C15H21Si/c1-5-6-8-14-9-7-10-15(13-14)11-12-16(2,3)4/h7,9-10,13H,1,5-6,8H2,2-4H3. The molecule has 0 spiro atoms. The highest BCUT2D eigenvalue weighted by molar-refractivity contribution is 6.83. The average Bonchev–Trinajstić information content (AvgIpc) is 2.23. The zero-order valence-electron chi connectivity index (χ0n) is 10.6. The van der Waals surface area contributed by atoms with Gasteiger partial charge in [-0.2, -0.15) is 0 Å². The summed E-state index contributed by atoms with van der Waals surface area (Å²) >= 11 is 0. The molecule has 0 aliphatic rings. The third-order valence-electron chi connectivity index (χ3n) is 2.22. The molecule has 0 nitrogen and oxygen atoms in total. The Kier molecular flexibility index (Phi) is 4.83. The lowest BCUT2D eigenvalue weighted by Crippen LogP contribution is -2.16. The monoisotopic (exact) mass is 229 g/mol. The van der Waals surface area contributed by atoms with Crippen LogP contribution in [0.1, 0.15) is 24.0 Å². The van der Waals surface area contributed by atoms with Crippen LogP contribution in [0.25, 0.3) is 0 Å². The summed E-state index contributed by atoms with van der Waals surface area (Å²) in [6.45, 7) is 10.7. The summed E-state index contributed by atoms with van der Waals surface area (Å²) in [7, 11) is -1.25. The van der Waals surface area contributed by atoms with E-state index in [0.717, 1.165) is 24.8 Å². The van der Waals surface area contributed by atoms with E-state index in [1.165, 1.54) is 5.56 Å². The average molecular weight is 229 g/mol. The molecule has 1 heteroatoms. The minimum Gasteiger partial charge on any atom is -0.127 e. The second-order valence-electron chi connectivity index (χ2n) is 5.16. The Morgan fingerprint density at radius 1 is 1.25 bits per heavy atom. The lowest BCUT2D eigenvalue weighted by atomic mass is 10.1. The van der Waals surface area contributed by atoms with Crippen molar-refractivity contribution < 1.29 is 0 Å². The molecule has 0 aliphatic heterocycles. The van der Waals surface area contributed by atoms with Gasteiger partial charge in [-0.05, 0) is 30.5 Å². The normalized spacial score (nSPS) is 10.8. The number of hydrogen-bond acceptors (Lipinski definition) is 0. The van der Waals surface area contributed by atoms with Crippen molar-refractivity contribution in [2.75, 3.05) is 0 Å². The van der Waals surface area contributed by atoms with Gasteiger partial charge in [0.25, 0.3) is 0 Å². The van der Waals surface area contributed by atoms with E-state index in [1.54, 1.807) is 0 Å². The fourth-order valence-electron chi connectivity index (χ4n) is 1.39. The van der Waals surface area contributed by atoms with E-state index in [2.05, 4.69) is 62.3 Å². The molecule has 0 unspecified atom stereocenters. The molecule has 1 aromatic carbocycles. The SMILES string of the molecule is [CH2]CCCc1cccc(C#C[Si](C)(C)C)c1. The topological polar surface area (TPSA) is 0 Å². The number of rotatable bonds is 3. The zero-order chi connectivity index (χ0) is 12.0. The molecule has 0 atom stereocenters. The molecule has 0 fully saturated rings. The van der Waals surface area contributed by atoms with Gasteiger partial charge in [-0.15, -0.1) is 5.54 Å². The smallest absolute Gasteiger partial charge is 0.127 e. The van der Waals surface area contributed by atoms with Gasteiger partial charge in [-0.25, -0.2) is 0 Å². The predicted molar refractivity (Wildman–Crippen MR) is 75.0 cm³/mol. The van der Waals surface area contributed by atoms with E-state index in [-0.39, 0.29) is 0 Å². The molecule has 0 bridgehead atoms. The molecule has 1 aromatic rings. The number of unbranched alkanes of at least 4 members (excludes halogenated alkanes) is 1. The zero-order valence-corrected chi connectivity index (χ0v) is 11.6. The van der Waals surface area contributed by atoms with Crippen LogP contribution < -0.4 is 0 Å². The summed E-state index contributed by atoms with van der Waals surface area (Å²) < 4.78 is 0. The highest BCUT2D eigenvalue weighted by Crippen LogP contribution is 2.08. The first-order valence-corrected chi connectivity index (χ1v) is 9.42. The van der Waals surface area contributed by atoms with Gasteiger partial charge >= 0.3 is 0 Å². The number of benzene rings is 1. The minimum atomic E-state index is -1.25. The molecule has 1 radical (unpaired) electrons. The van der Waals surface area contributed by atoms with E-state index < -0.39 is 8.07 Å². The Bertz CT molecular complexity index is 388. The van der Waals surface area contributed by atoms with Crippen molar-refractivity contribution in [3.63, 3.8) is 0 Å². The van der Waals surface area contributed by atoms with Crippen molar-refractivity contribution in [2.24, 2.45) is 0 Å². The van der Waals surface area contributed by atoms with Gasteiger partial charge in [-0.1, -0.05) is 51.0 Å². The molecular weight excluding hydrogens is 208 g/mol. The summed E-state index contributed by atoms with van der Waals surface area (Å²) in [6, 6.07) is 8.59. The molecule has 0 saturated carbocycles. The molecule has 0 aliphatic carbocycles. The molecule has 1 rings (SSSR count). The van der Waals surface area contributed by atoms with Gasteiger partial charge in [0.2, 0.25) is 0 Å². The molecule has 0 heterocycles. The molecule has 0 aromatic heterocycles. The maximum absolute atomic E-state index is 3.87. The van der Waals surface area contributed by atoms with Crippen molar-refractivity contribution in [3.05, 3.63) is 42.3 Å². The fourth-order valence-corrected chi connectivity index (χ4v) is 1.91. The maximum Gasteiger partial charge on any atom is 0.129 e. The summed E-state index contributed by atoms with van der Waals surface area (Å²) in [5.41, 5.74) is 5.94. The summed E-state index contributed by atoms with van der Waals surface area (Å²) in [5, 5.41) is 0. The minimum absolute atomic E-state index is 1.00. The summed E-state index contributed by atoms with van der Waals surface area (Å²) in [5.74, 6) is 3.30. The Hall–Kier alpha value is -1.00. The predicted octanol–water partition coefficient (Wildman–Crippen LogP) is 4.07. The lowest BCUT2D eigenvalue weighted by molar-refractivity contribution is 0.840. The molecule has 0 saturated heterocycles. The van der Waals surface area contributed by atoms with Gasteiger partial charge in [0, 0.05) is 5.56 Å². The van der Waals surface area contributed by atoms with Crippen LogP contribution in [0.3, 0.4) is 0 Å². The van der Waals surface area contributed by atoms with Gasteiger partial charge in [0.15, 0.2) is 0 Å². The second kappa shape index (κ2) is 5.91. The van der Waals surface area contributed by atoms with Gasteiger partial charge in [0.05, 0.1) is 0 Å². The van der Waals surface area contributed by atoms with Crippen LogP contribution in [0, 0.1) is 18.4 Å². The second-order valence-corrected chi connectivity index (χ2v) is 9.91. The van der Waals surface area contributed by atoms with Crippen LogP contribution in [-0.4, -0.2) is 8.07 Å². The highest BCUT2D eigenvalue weighted by atomic mass is 28.3. The van der Waals surface area contributed by atoms with E-state index in [0.29, 0.717) is 0 Å². The first-order valence-electron chi connectivity index (χ1n) is 5.92. The van der Waals surface area contributed by atoms with Crippen LogP contribution >= 0.6 is 0 Å². The Morgan fingerprint density at radius 3 is 2.62 bits per heavy atom. The molecule has 16 heavy (non-hydrogen) atoms. The Balaban J connectivity index is 2.77.